The number of carbonyl (C=O) groups is 2. The van der Waals surface area contributed by atoms with E-state index in [4.69, 9.17) is 0 Å². The summed E-state index contributed by atoms with van der Waals surface area (Å²) in [7, 11) is 0. The molecule has 1 aliphatic rings. The number of hydrogen-bond donors (Lipinski definition) is 2. The Labute approximate surface area is 144 Å². The Kier molecular flexibility index (Phi) is 5.07. The van der Waals surface area contributed by atoms with Crippen LogP contribution in [0.4, 0.5) is 20.2 Å². The van der Waals surface area contributed by atoms with Crippen LogP contribution in [0, 0.1) is 11.6 Å². The Bertz CT molecular complexity index is 787. The summed E-state index contributed by atoms with van der Waals surface area (Å²) in [5.74, 6) is -1.66. The molecule has 0 bridgehead atoms. The van der Waals surface area contributed by atoms with Crippen molar-refractivity contribution in [3.8, 4) is 0 Å². The van der Waals surface area contributed by atoms with Crippen molar-refractivity contribution >= 4 is 23.1 Å². The molecule has 0 saturated heterocycles. The Morgan fingerprint density at radius 1 is 1.00 bits per heavy atom. The van der Waals surface area contributed by atoms with E-state index >= 15 is 0 Å². The van der Waals surface area contributed by atoms with Crippen molar-refractivity contribution in [2.45, 2.75) is 31.7 Å². The quantitative estimate of drug-likeness (QED) is 0.742. The Balaban J connectivity index is 1.59. The summed E-state index contributed by atoms with van der Waals surface area (Å²) in [6, 6.07) is 10.0. The fourth-order valence-electron chi connectivity index (χ4n) is 2.43. The van der Waals surface area contributed by atoms with E-state index in [1.165, 1.54) is 30.3 Å². The van der Waals surface area contributed by atoms with Gasteiger partial charge in [-0.1, -0.05) is 6.07 Å². The highest BCUT2D eigenvalue weighted by Crippen LogP contribution is 2.31. The van der Waals surface area contributed by atoms with Crippen molar-refractivity contribution in [2.24, 2.45) is 0 Å². The van der Waals surface area contributed by atoms with Crippen molar-refractivity contribution in [3.05, 3.63) is 59.7 Å². The highest BCUT2D eigenvalue weighted by atomic mass is 19.1. The van der Waals surface area contributed by atoms with E-state index in [0.29, 0.717) is 17.3 Å². The summed E-state index contributed by atoms with van der Waals surface area (Å²) in [6.45, 7) is 0. The molecule has 0 atom stereocenters. The zero-order valence-corrected chi connectivity index (χ0v) is 13.5. The Morgan fingerprint density at radius 3 is 2.40 bits per heavy atom. The van der Waals surface area contributed by atoms with Gasteiger partial charge in [0.25, 0.3) is 0 Å². The van der Waals surface area contributed by atoms with E-state index < -0.39 is 17.5 Å². The second-order valence-corrected chi connectivity index (χ2v) is 6.06. The number of amides is 1. The molecule has 0 aliphatic heterocycles. The van der Waals surface area contributed by atoms with Gasteiger partial charge in [0.05, 0.1) is 5.69 Å². The second-order valence-electron chi connectivity index (χ2n) is 6.06. The predicted molar refractivity (Wildman–Crippen MR) is 91.6 cm³/mol. The molecule has 3 rings (SSSR count). The molecule has 0 heterocycles. The molecule has 2 aromatic rings. The third-order valence-corrected chi connectivity index (χ3v) is 3.96. The Morgan fingerprint density at radius 2 is 1.72 bits per heavy atom. The first kappa shape index (κ1) is 17.1. The molecular formula is C19H18F2N2O2. The van der Waals surface area contributed by atoms with Crippen LogP contribution in [0.2, 0.25) is 0 Å². The SMILES string of the molecule is O=C(CCC(=O)c1ccc(F)cc1)Nc1c(F)cccc1NC1CC1. The van der Waals surface area contributed by atoms with E-state index in [-0.39, 0.29) is 24.3 Å². The van der Waals surface area contributed by atoms with Crippen LogP contribution >= 0.6 is 0 Å². The number of Topliss-reactive ketones (excluding diaryl/α,β-unsaturated/α-hetero) is 1. The van der Waals surface area contributed by atoms with Gasteiger partial charge in [-0.2, -0.15) is 0 Å². The summed E-state index contributed by atoms with van der Waals surface area (Å²) in [4.78, 5) is 24.1. The van der Waals surface area contributed by atoms with Crippen LogP contribution in [0.5, 0.6) is 0 Å². The molecule has 0 unspecified atom stereocenters. The number of nitrogens with one attached hydrogen (secondary N) is 2. The topological polar surface area (TPSA) is 58.2 Å². The molecule has 6 heteroatoms. The van der Waals surface area contributed by atoms with Gasteiger partial charge < -0.3 is 10.6 Å². The maximum absolute atomic E-state index is 14.0. The van der Waals surface area contributed by atoms with Crippen LogP contribution in [-0.2, 0) is 4.79 Å². The minimum Gasteiger partial charge on any atom is -0.381 e. The normalized spacial score (nSPS) is 13.4. The lowest BCUT2D eigenvalue weighted by Crippen LogP contribution is -2.16. The maximum atomic E-state index is 14.0. The maximum Gasteiger partial charge on any atom is 0.224 e. The highest BCUT2D eigenvalue weighted by molar-refractivity contribution is 6.00. The Hall–Kier alpha value is -2.76. The molecule has 0 radical (unpaired) electrons. The number of hydrogen-bond acceptors (Lipinski definition) is 3. The summed E-state index contributed by atoms with van der Waals surface area (Å²) in [6.07, 6.45) is 1.94. The third-order valence-electron chi connectivity index (χ3n) is 3.96. The average Bonchev–Trinajstić information content (AvgIpc) is 3.40. The molecule has 0 aromatic heterocycles. The van der Waals surface area contributed by atoms with Crippen molar-refractivity contribution < 1.29 is 18.4 Å². The standard InChI is InChI=1S/C19H18F2N2O2/c20-13-6-4-12(5-7-13)17(24)10-11-18(25)23-19-15(21)2-1-3-16(19)22-14-8-9-14/h1-7,14,22H,8-11H2,(H,23,25). The minimum atomic E-state index is -0.524. The molecular weight excluding hydrogens is 326 g/mol. The summed E-state index contributed by atoms with van der Waals surface area (Å²) in [5, 5.41) is 5.71. The molecule has 1 amide bonds. The number of carbonyl (C=O) groups excluding carboxylic acids is 2. The third kappa shape index (κ3) is 4.62. The van der Waals surface area contributed by atoms with Gasteiger partial charge in [-0.05, 0) is 49.2 Å². The number of anilines is 2. The average molecular weight is 344 g/mol. The van der Waals surface area contributed by atoms with Crippen LogP contribution in [-0.4, -0.2) is 17.7 Å². The molecule has 2 aromatic carbocycles. The van der Waals surface area contributed by atoms with E-state index in [1.807, 2.05) is 0 Å². The van der Waals surface area contributed by atoms with Crippen LogP contribution < -0.4 is 10.6 Å². The summed E-state index contributed by atoms with van der Waals surface area (Å²) >= 11 is 0. The molecule has 130 valence electrons. The first-order chi connectivity index (χ1) is 12.0. The zero-order chi connectivity index (χ0) is 17.8. The molecule has 1 saturated carbocycles. The highest BCUT2D eigenvalue weighted by Gasteiger charge is 2.23. The smallest absolute Gasteiger partial charge is 0.224 e. The molecule has 0 spiro atoms. The van der Waals surface area contributed by atoms with Gasteiger partial charge in [0, 0.05) is 24.4 Å². The van der Waals surface area contributed by atoms with Gasteiger partial charge in [-0.25, -0.2) is 8.78 Å². The summed E-state index contributed by atoms with van der Waals surface area (Å²) in [5.41, 5.74) is 0.991. The van der Waals surface area contributed by atoms with Crippen molar-refractivity contribution in [1.29, 1.82) is 0 Å². The van der Waals surface area contributed by atoms with Crippen LogP contribution in [0.3, 0.4) is 0 Å². The lowest BCUT2D eigenvalue weighted by Gasteiger charge is -2.13. The van der Waals surface area contributed by atoms with Gasteiger partial charge in [0.1, 0.15) is 17.3 Å². The predicted octanol–water partition coefficient (Wildman–Crippen LogP) is 4.14. The van der Waals surface area contributed by atoms with Crippen LogP contribution in [0.25, 0.3) is 0 Å². The van der Waals surface area contributed by atoms with Crippen LogP contribution in [0.15, 0.2) is 42.5 Å². The molecule has 2 N–H and O–H groups in total. The second kappa shape index (κ2) is 7.42. The van der Waals surface area contributed by atoms with E-state index in [9.17, 15) is 18.4 Å². The van der Waals surface area contributed by atoms with Gasteiger partial charge in [-0.3, -0.25) is 9.59 Å². The molecule has 25 heavy (non-hydrogen) atoms. The first-order valence-corrected chi connectivity index (χ1v) is 8.16. The zero-order valence-electron chi connectivity index (χ0n) is 13.5. The minimum absolute atomic E-state index is 0.0305. The molecule has 1 aliphatic carbocycles. The van der Waals surface area contributed by atoms with Crippen molar-refractivity contribution in [1.82, 2.24) is 0 Å². The van der Waals surface area contributed by atoms with E-state index in [0.717, 1.165) is 12.8 Å². The van der Waals surface area contributed by atoms with Gasteiger partial charge in [0.15, 0.2) is 5.78 Å². The number of benzene rings is 2. The lowest BCUT2D eigenvalue weighted by atomic mass is 10.1. The number of halogens is 2. The lowest BCUT2D eigenvalue weighted by molar-refractivity contribution is -0.116. The first-order valence-electron chi connectivity index (χ1n) is 8.16. The fraction of sp³-hybridized carbons (Fsp3) is 0.263. The largest absolute Gasteiger partial charge is 0.381 e. The number of ketones is 1. The van der Waals surface area contributed by atoms with E-state index in [2.05, 4.69) is 10.6 Å². The number of para-hydroxylation sites is 1. The molecule has 4 nitrogen and oxygen atoms in total. The van der Waals surface area contributed by atoms with Gasteiger partial charge in [-0.15, -0.1) is 0 Å². The van der Waals surface area contributed by atoms with Gasteiger partial charge in [0.2, 0.25) is 5.91 Å². The van der Waals surface area contributed by atoms with E-state index in [1.54, 1.807) is 12.1 Å². The molecule has 1 fully saturated rings. The summed E-state index contributed by atoms with van der Waals surface area (Å²) < 4.78 is 26.9. The van der Waals surface area contributed by atoms with Crippen molar-refractivity contribution in [2.75, 3.05) is 10.6 Å². The van der Waals surface area contributed by atoms with Crippen LogP contribution in [0.1, 0.15) is 36.0 Å². The van der Waals surface area contributed by atoms with Gasteiger partial charge >= 0.3 is 0 Å². The number of rotatable bonds is 7. The fourth-order valence-corrected chi connectivity index (χ4v) is 2.43. The monoisotopic (exact) mass is 344 g/mol. The van der Waals surface area contributed by atoms with Crippen molar-refractivity contribution in [3.63, 3.8) is 0 Å².